The van der Waals surface area contributed by atoms with E-state index in [-0.39, 0.29) is 5.92 Å². The van der Waals surface area contributed by atoms with Crippen LogP contribution in [-0.4, -0.2) is 5.78 Å². The van der Waals surface area contributed by atoms with Crippen LogP contribution in [0.15, 0.2) is 42.5 Å². The van der Waals surface area contributed by atoms with Crippen LogP contribution in [0.3, 0.4) is 0 Å². The van der Waals surface area contributed by atoms with Gasteiger partial charge in [0, 0.05) is 12.3 Å². The molecule has 0 aliphatic rings. The lowest BCUT2D eigenvalue weighted by Crippen LogP contribution is -2.15. The molecule has 1 nitrogen and oxygen atoms in total. The normalized spacial score (nSPS) is 11.1. The van der Waals surface area contributed by atoms with Gasteiger partial charge in [0.15, 0.2) is 0 Å². The number of carbonyl (C=O) groups excluding carboxylic acids is 1. The molecule has 0 aliphatic carbocycles. The predicted octanol–water partition coefficient (Wildman–Crippen LogP) is 4.39. The SMILES string of the molecule is CCC(CC)C(=O)Cc1cccc2ccccc12. The van der Waals surface area contributed by atoms with Crippen molar-refractivity contribution < 1.29 is 4.79 Å². The molecular formula is C17H20O. The van der Waals surface area contributed by atoms with Gasteiger partial charge in [-0.25, -0.2) is 0 Å². The van der Waals surface area contributed by atoms with Crippen LogP contribution in [0.25, 0.3) is 10.8 Å². The van der Waals surface area contributed by atoms with Gasteiger partial charge in [-0.15, -0.1) is 0 Å². The lowest BCUT2D eigenvalue weighted by atomic mass is 9.91. The number of fused-ring (bicyclic) bond motifs is 1. The number of carbonyl (C=O) groups is 1. The van der Waals surface area contributed by atoms with Crippen molar-refractivity contribution in [3.63, 3.8) is 0 Å². The van der Waals surface area contributed by atoms with Crippen molar-refractivity contribution in [1.82, 2.24) is 0 Å². The van der Waals surface area contributed by atoms with E-state index in [0.717, 1.165) is 18.4 Å². The molecule has 0 heterocycles. The minimum atomic E-state index is 0.212. The van der Waals surface area contributed by atoms with E-state index in [0.29, 0.717) is 12.2 Å². The third-order valence-corrected chi connectivity index (χ3v) is 3.69. The summed E-state index contributed by atoms with van der Waals surface area (Å²) < 4.78 is 0. The number of hydrogen-bond acceptors (Lipinski definition) is 1. The lowest BCUT2D eigenvalue weighted by Gasteiger charge is -2.12. The second kappa shape index (κ2) is 5.81. The fourth-order valence-corrected chi connectivity index (χ4v) is 2.52. The molecule has 0 amide bonds. The zero-order chi connectivity index (χ0) is 13.0. The zero-order valence-corrected chi connectivity index (χ0v) is 11.1. The van der Waals surface area contributed by atoms with E-state index < -0.39 is 0 Å². The Labute approximate surface area is 109 Å². The van der Waals surface area contributed by atoms with Gasteiger partial charge in [-0.1, -0.05) is 56.3 Å². The van der Waals surface area contributed by atoms with Crippen LogP contribution < -0.4 is 0 Å². The molecule has 0 saturated carbocycles. The van der Waals surface area contributed by atoms with Crippen LogP contribution in [0.5, 0.6) is 0 Å². The maximum absolute atomic E-state index is 12.2. The first-order chi connectivity index (χ1) is 8.76. The molecule has 0 N–H and O–H groups in total. The molecule has 2 aromatic rings. The summed E-state index contributed by atoms with van der Waals surface area (Å²) in [4.78, 5) is 12.2. The van der Waals surface area contributed by atoms with Crippen molar-refractivity contribution >= 4 is 16.6 Å². The second-order valence-corrected chi connectivity index (χ2v) is 4.79. The fourth-order valence-electron chi connectivity index (χ4n) is 2.52. The molecule has 0 unspecified atom stereocenters. The highest BCUT2D eigenvalue weighted by Gasteiger charge is 2.15. The van der Waals surface area contributed by atoms with Crippen molar-refractivity contribution in [3.8, 4) is 0 Å². The number of rotatable bonds is 5. The third kappa shape index (κ3) is 2.61. The first-order valence-electron chi connectivity index (χ1n) is 6.75. The highest BCUT2D eigenvalue weighted by molar-refractivity contribution is 5.91. The first kappa shape index (κ1) is 12.8. The van der Waals surface area contributed by atoms with E-state index in [4.69, 9.17) is 0 Å². The summed E-state index contributed by atoms with van der Waals surface area (Å²) >= 11 is 0. The molecule has 2 aromatic carbocycles. The summed E-state index contributed by atoms with van der Waals surface area (Å²) in [5.41, 5.74) is 1.16. The van der Waals surface area contributed by atoms with Gasteiger partial charge in [-0.2, -0.15) is 0 Å². The molecule has 18 heavy (non-hydrogen) atoms. The van der Waals surface area contributed by atoms with Gasteiger partial charge in [0.25, 0.3) is 0 Å². The minimum absolute atomic E-state index is 0.212. The van der Waals surface area contributed by atoms with Gasteiger partial charge in [-0.3, -0.25) is 4.79 Å². The molecule has 0 radical (unpaired) electrons. The Morgan fingerprint density at radius 3 is 2.39 bits per heavy atom. The highest BCUT2D eigenvalue weighted by Crippen LogP contribution is 2.21. The van der Waals surface area contributed by atoms with Crippen LogP contribution in [0, 0.1) is 5.92 Å². The molecule has 0 spiro atoms. The fraction of sp³-hybridized carbons (Fsp3) is 0.353. The van der Waals surface area contributed by atoms with Crippen molar-refractivity contribution in [1.29, 1.82) is 0 Å². The van der Waals surface area contributed by atoms with Gasteiger partial charge in [-0.05, 0) is 29.2 Å². The number of Topliss-reactive ketones (excluding diaryl/α,β-unsaturated/α-hetero) is 1. The maximum atomic E-state index is 12.2. The summed E-state index contributed by atoms with van der Waals surface area (Å²) in [5, 5.41) is 2.42. The largest absolute Gasteiger partial charge is 0.299 e. The summed E-state index contributed by atoms with van der Waals surface area (Å²) in [5.74, 6) is 0.584. The molecule has 2 rings (SSSR count). The minimum Gasteiger partial charge on any atom is -0.299 e. The summed E-state index contributed by atoms with van der Waals surface area (Å²) in [6.07, 6.45) is 2.45. The molecular weight excluding hydrogens is 220 g/mol. The van der Waals surface area contributed by atoms with Gasteiger partial charge >= 0.3 is 0 Å². The van der Waals surface area contributed by atoms with Crippen LogP contribution in [0.1, 0.15) is 32.3 Å². The lowest BCUT2D eigenvalue weighted by molar-refractivity contribution is -0.122. The Morgan fingerprint density at radius 1 is 1.00 bits per heavy atom. The zero-order valence-electron chi connectivity index (χ0n) is 11.1. The number of ketones is 1. The Hall–Kier alpha value is -1.63. The van der Waals surface area contributed by atoms with E-state index >= 15 is 0 Å². The molecule has 0 fully saturated rings. The Morgan fingerprint density at radius 2 is 1.67 bits per heavy atom. The van der Waals surface area contributed by atoms with Gasteiger partial charge in [0.1, 0.15) is 5.78 Å². The second-order valence-electron chi connectivity index (χ2n) is 4.79. The predicted molar refractivity (Wildman–Crippen MR) is 76.7 cm³/mol. The van der Waals surface area contributed by atoms with Crippen molar-refractivity contribution in [2.45, 2.75) is 33.1 Å². The monoisotopic (exact) mass is 240 g/mol. The Kier molecular flexibility index (Phi) is 4.14. The van der Waals surface area contributed by atoms with Crippen LogP contribution in [0.4, 0.5) is 0 Å². The van der Waals surface area contributed by atoms with Crippen molar-refractivity contribution in [2.24, 2.45) is 5.92 Å². The van der Waals surface area contributed by atoms with Crippen LogP contribution in [-0.2, 0) is 11.2 Å². The van der Waals surface area contributed by atoms with E-state index in [1.165, 1.54) is 10.8 Å². The number of benzene rings is 2. The molecule has 94 valence electrons. The molecule has 0 bridgehead atoms. The van der Waals surface area contributed by atoms with Crippen molar-refractivity contribution in [3.05, 3.63) is 48.0 Å². The quantitative estimate of drug-likeness (QED) is 0.757. The molecule has 1 heteroatoms. The molecule has 0 atom stereocenters. The van der Waals surface area contributed by atoms with Crippen LogP contribution in [0.2, 0.25) is 0 Å². The summed E-state index contributed by atoms with van der Waals surface area (Å²) in [7, 11) is 0. The van der Waals surface area contributed by atoms with Gasteiger partial charge in [0.2, 0.25) is 0 Å². The molecule has 0 aliphatic heterocycles. The summed E-state index contributed by atoms with van der Waals surface area (Å²) in [6.45, 7) is 4.18. The maximum Gasteiger partial charge on any atom is 0.140 e. The topological polar surface area (TPSA) is 17.1 Å². The average Bonchev–Trinajstić information content (AvgIpc) is 2.40. The standard InChI is InChI=1S/C17H20O/c1-3-13(4-2)17(18)12-15-10-7-9-14-8-5-6-11-16(14)15/h5-11,13H,3-4,12H2,1-2H3. The van der Waals surface area contributed by atoms with Gasteiger partial charge in [0.05, 0.1) is 0 Å². The molecule has 0 saturated heterocycles. The average molecular weight is 240 g/mol. The van der Waals surface area contributed by atoms with E-state index in [1.54, 1.807) is 0 Å². The Balaban J connectivity index is 2.29. The highest BCUT2D eigenvalue weighted by atomic mass is 16.1. The molecule has 0 aromatic heterocycles. The smallest absolute Gasteiger partial charge is 0.140 e. The third-order valence-electron chi connectivity index (χ3n) is 3.69. The van der Waals surface area contributed by atoms with E-state index in [2.05, 4.69) is 38.1 Å². The first-order valence-corrected chi connectivity index (χ1v) is 6.75. The Bertz CT molecular complexity index is 533. The summed E-state index contributed by atoms with van der Waals surface area (Å²) in [6, 6.07) is 14.5. The van der Waals surface area contributed by atoms with E-state index in [9.17, 15) is 4.79 Å². The van der Waals surface area contributed by atoms with Crippen LogP contribution >= 0.6 is 0 Å². The number of hydrogen-bond donors (Lipinski definition) is 0. The van der Waals surface area contributed by atoms with E-state index in [1.807, 2.05) is 18.2 Å². The van der Waals surface area contributed by atoms with Crippen molar-refractivity contribution in [2.75, 3.05) is 0 Å². The van der Waals surface area contributed by atoms with Gasteiger partial charge < -0.3 is 0 Å².